The van der Waals surface area contributed by atoms with E-state index in [1.165, 1.54) is 32.4 Å². The van der Waals surface area contributed by atoms with Gasteiger partial charge in [-0.05, 0) is 45.0 Å². The van der Waals surface area contributed by atoms with Crippen LogP contribution in [-0.4, -0.2) is 37.7 Å². The fraction of sp³-hybridized carbons (Fsp3) is 0.625. The van der Waals surface area contributed by atoms with Crippen LogP contribution in [0.3, 0.4) is 0 Å². The maximum atomic E-state index is 6.24. The fourth-order valence-electron chi connectivity index (χ4n) is 2.80. The summed E-state index contributed by atoms with van der Waals surface area (Å²) in [6.07, 6.45) is 4.05. The number of methoxy groups -OCH3 is 1. The zero-order valence-corrected chi connectivity index (χ0v) is 13.2. The summed E-state index contributed by atoms with van der Waals surface area (Å²) < 4.78 is 5.37. The van der Waals surface area contributed by atoms with Gasteiger partial charge in [-0.3, -0.25) is 4.90 Å². The van der Waals surface area contributed by atoms with Crippen LogP contribution in [0, 0.1) is 0 Å². The Morgan fingerprint density at radius 1 is 1.30 bits per heavy atom. The van der Waals surface area contributed by atoms with Crippen molar-refractivity contribution in [2.45, 2.75) is 38.8 Å². The van der Waals surface area contributed by atoms with E-state index in [-0.39, 0.29) is 0 Å². The average Bonchev–Trinajstić information content (AvgIpc) is 2.49. The average molecular weight is 297 g/mol. The molecule has 0 amide bonds. The molecule has 1 fully saturated rings. The lowest BCUT2D eigenvalue weighted by molar-refractivity contribution is 0.170. The van der Waals surface area contributed by atoms with Gasteiger partial charge in [0, 0.05) is 29.7 Å². The van der Waals surface area contributed by atoms with Crippen LogP contribution < -0.4 is 10.1 Å². The quantitative estimate of drug-likeness (QED) is 0.871. The van der Waals surface area contributed by atoms with Crippen molar-refractivity contribution >= 4 is 11.6 Å². The Labute approximate surface area is 127 Å². The Morgan fingerprint density at radius 3 is 2.75 bits per heavy atom. The summed E-state index contributed by atoms with van der Waals surface area (Å²) in [6.45, 7) is 6.49. The monoisotopic (exact) mass is 296 g/mol. The highest BCUT2D eigenvalue weighted by Crippen LogP contribution is 2.25. The van der Waals surface area contributed by atoms with Gasteiger partial charge in [0.15, 0.2) is 0 Å². The topological polar surface area (TPSA) is 24.5 Å². The van der Waals surface area contributed by atoms with Crippen LogP contribution in [0.25, 0.3) is 0 Å². The minimum Gasteiger partial charge on any atom is -0.496 e. The predicted molar refractivity (Wildman–Crippen MR) is 84.6 cm³/mol. The molecule has 0 aliphatic carbocycles. The highest BCUT2D eigenvalue weighted by Gasteiger charge is 2.16. The van der Waals surface area contributed by atoms with E-state index in [0.29, 0.717) is 6.04 Å². The highest BCUT2D eigenvalue weighted by molar-refractivity contribution is 6.31. The number of nitrogens with zero attached hydrogens (tertiary/aromatic N) is 1. The van der Waals surface area contributed by atoms with E-state index in [9.17, 15) is 0 Å². The number of nitrogens with one attached hydrogen (secondary N) is 1. The smallest absolute Gasteiger partial charge is 0.124 e. The van der Waals surface area contributed by atoms with Crippen molar-refractivity contribution in [2.24, 2.45) is 0 Å². The molecule has 1 aliphatic heterocycles. The van der Waals surface area contributed by atoms with E-state index in [2.05, 4.69) is 17.1 Å². The molecule has 0 radical (unpaired) electrons. The van der Waals surface area contributed by atoms with E-state index in [4.69, 9.17) is 16.3 Å². The van der Waals surface area contributed by atoms with Crippen molar-refractivity contribution in [1.82, 2.24) is 10.2 Å². The van der Waals surface area contributed by atoms with Crippen LogP contribution in [0.15, 0.2) is 18.2 Å². The van der Waals surface area contributed by atoms with Gasteiger partial charge < -0.3 is 10.1 Å². The maximum absolute atomic E-state index is 6.24. The van der Waals surface area contributed by atoms with Crippen LogP contribution >= 0.6 is 11.6 Å². The first-order chi connectivity index (χ1) is 9.72. The molecule has 1 aliphatic rings. The minimum absolute atomic E-state index is 0.573. The van der Waals surface area contributed by atoms with Crippen molar-refractivity contribution in [3.63, 3.8) is 0 Å². The van der Waals surface area contributed by atoms with E-state index in [1.54, 1.807) is 7.11 Å². The van der Waals surface area contributed by atoms with Gasteiger partial charge in [-0.25, -0.2) is 0 Å². The van der Waals surface area contributed by atoms with Crippen LogP contribution in [0.5, 0.6) is 5.75 Å². The van der Waals surface area contributed by atoms with Gasteiger partial charge in [0.2, 0.25) is 0 Å². The van der Waals surface area contributed by atoms with Gasteiger partial charge in [0.05, 0.1) is 7.11 Å². The van der Waals surface area contributed by atoms with Gasteiger partial charge in [0.25, 0.3) is 0 Å². The van der Waals surface area contributed by atoms with Gasteiger partial charge in [-0.15, -0.1) is 0 Å². The molecular formula is C16H25ClN2O. The molecule has 1 heterocycles. The van der Waals surface area contributed by atoms with E-state index in [1.807, 2.05) is 18.2 Å². The number of hydrogen-bond acceptors (Lipinski definition) is 3. The standard InChI is InChI=1S/C16H25ClN2O/c1-13(19-9-4-3-5-10-19)11-18-12-14-15(17)7-6-8-16(14)20-2/h6-8,13,18H,3-5,9-12H2,1-2H3. The summed E-state index contributed by atoms with van der Waals surface area (Å²) in [6, 6.07) is 6.36. The van der Waals surface area contributed by atoms with Crippen molar-refractivity contribution in [1.29, 1.82) is 0 Å². The van der Waals surface area contributed by atoms with Gasteiger partial charge in [0.1, 0.15) is 5.75 Å². The molecule has 0 aromatic heterocycles. The van der Waals surface area contributed by atoms with Crippen molar-refractivity contribution < 1.29 is 4.74 Å². The summed E-state index contributed by atoms with van der Waals surface area (Å²) in [4.78, 5) is 2.57. The summed E-state index contributed by atoms with van der Waals surface area (Å²) in [5.74, 6) is 0.857. The number of ether oxygens (including phenoxy) is 1. The number of rotatable bonds is 6. The van der Waals surface area contributed by atoms with Crippen LogP contribution in [0.4, 0.5) is 0 Å². The number of halogens is 1. The molecule has 0 bridgehead atoms. The molecule has 1 saturated heterocycles. The molecule has 4 heteroatoms. The normalized spacial score (nSPS) is 17.9. The number of likely N-dealkylation sites (tertiary alicyclic amines) is 1. The van der Waals surface area contributed by atoms with E-state index >= 15 is 0 Å². The molecule has 0 saturated carbocycles. The van der Waals surface area contributed by atoms with Crippen LogP contribution in [0.2, 0.25) is 5.02 Å². The Morgan fingerprint density at radius 2 is 2.05 bits per heavy atom. The maximum Gasteiger partial charge on any atom is 0.124 e. The Kier molecular flexibility index (Phi) is 6.14. The Balaban J connectivity index is 1.83. The number of benzene rings is 1. The SMILES string of the molecule is COc1cccc(Cl)c1CNCC(C)N1CCCCC1. The zero-order chi connectivity index (χ0) is 14.4. The number of piperidine rings is 1. The van der Waals surface area contributed by atoms with E-state index < -0.39 is 0 Å². The molecule has 112 valence electrons. The summed E-state index contributed by atoms with van der Waals surface area (Å²) in [5, 5.41) is 4.27. The molecule has 1 N–H and O–H groups in total. The first kappa shape index (κ1) is 15.6. The van der Waals surface area contributed by atoms with Crippen molar-refractivity contribution in [2.75, 3.05) is 26.7 Å². The second-order valence-corrected chi connectivity index (χ2v) is 5.90. The van der Waals surface area contributed by atoms with Crippen LogP contribution in [0.1, 0.15) is 31.7 Å². The lowest BCUT2D eigenvalue weighted by atomic mass is 10.1. The Hall–Kier alpha value is -0.770. The van der Waals surface area contributed by atoms with Gasteiger partial charge in [-0.2, -0.15) is 0 Å². The third-order valence-corrected chi connectivity index (χ3v) is 4.41. The molecular weight excluding hydrogens is 272 g/mol. The minimum atomic E-state index is 0.573. The van der Waals surface area contributed by atoms with Crippen molar-refractivity contribution in [3.8, 4) is 5.75 Å². The first-order valence-electron chi connectivity index (χ1n) is 7.48. The Bertz CT molecular complexity index is 419. The summed E-state index contributed by atoms with van der Waals surface area (Å²) >= 11 is 6.24. The van der Waals surface area contributed by atoms with Gasteiger partial charge in [-0.1, -0.05) is 24.1 Å². The third kappa shape index (κ3) is 4.11. The number of hydrogen-bond donors (Lipinski definition) is 1. The largest absolute Gasteiger partial charge is 0.496 e. The molecule has 0 spiro atoms. The molecule has 1 aromatic carbocycles. The molecule has 3 nitrogen and oxygen atoms in total. The fourth-order valence-corrected chi connectivity index (χ4v) is 3.03. The molecule has 1 atom stereocenters. The summed E-state index contributed by atoms with van der Waals surface area (Å²) in [7, 11) is 1.69. The highest BCUT2D eigenvalue weighted by atomic mass is 35.5. The first-order valence-corrected chi connectivity index (χ1v) is 7.86. The van der Waals surface area contributed by atoms with Crippen molar-refractivity contribution in [3.05, 3.63) is 28.8 Å². The molecule has 1 unspecified atom stereocenters. The molecule has 20 heavy (non-hydrogen) atoms. The second kappa shape index (κ2) is 7.87. The van der Waals surface area contributed by atoms with Gasteiger partial charge >= 0.3 is 0 Å². The second-order valence-electron chi connectivity index (χ2n) is 5.50. The lowest BCUT2D eigenvalue weighted by Gasteiger charge is -2.32. The zero-order valence-electron chi connectivity index (χ0n) is 12.5. The van der Waals surface area contributed by atoms with E-state index in [0.717, 1.165) is 29.4 Å². The molecule has 1 aromatic rings. The van der Waals surface area contributed by atoms with Crippen LogP contribution in [-0.2, 0) is 6.54 Å². The molecule has 2 rings (SSSR count). The predicted octanol–water partition coefficient (Wildman–Crippen LogP) is 3.31. The lowest BCUT2D eigenvalue weighted by Crippen LogP contribution is -2.43. The summed E-state index contributed by atoms with van der Waals surface area (Å²) in [5.41, 5.74) is 1.04. The third-order valence-electron chi connectivity index (χ3n) is 4.05.